The molecule has 82 valence electrons. The molecule has 0 aliphatic rings. The smallest absolute Gasteiger partial charge is 0.220 e. The highest BCUT2D eigenvalue weighted by molar-refractivity contribution is 7.98. The van der Waals surface area contributed by atoms with Crippen LogP contribution in [0, 0.1) is 6.92 Å². The van der Waals surface area contributed by atoms with Crippen LogP contribution >= 0.6 is 11.8 Å². The van der Waals surface area contributed by atoms with Crippen LogP contribution in [-0.4, -0.2) is 16.2 Å². The zero-order valence-electron chi connectivity index (χ0n) is 9.27. The lowest BCUT2D eigenvalue weighted by molar-refractivity contribution is 1.12. The monoisotopic (exact) mass is 231 g/mol. The summed E-state index contributed by atoms with van der Waals surface area (Å²) < 4.78 is 0. The zero-order chi connectivity index (χ0) is 11.5. The number of nitrogens with two attached hydrogens (primary N) is 1. The fraction of sp³-hybridized carbons (Fsp3) is 0.167. The van der Waals surface area contributed by atoms with Gasteiger partial charge >= 0.3 is 0 Å². The highest BCUT2D eigenvalue weighted by Gasteiger charge is 2.06. The molecule has 0 aliphatic heterocycles. The lowest BCUT2D eigenvalue weighted by Gasteiger charge is -2.07. The van der Waals surface area contributed by atoms with Crippen molar-refractivity contribution in [1.29, 1.82) is 0 Å². The van der Waals surface area contributed by atoms with Crippen LogP contribution in [0.1, 0.15) is 5.69 Å². The average Bonchev–Trinajstić information content (AvgIpc) is 2.27. The first-order chi connectivity index (χ1) is 7.70. The number of hydrogen-bond acceptors (Lipinski definition) is 4. The maximum absolute atomic E-state index is 5.66. The van der Waals surface area contributed by atoms with E-state index in [1.165, 1.54) is 4.90 Å². The molecule has 0 unspecified atom stereocenters. The standard InChI is InChI=1S/C12H13N3S/c1-8-7-10(15-12(13)14-8)9-5-3-4-6-11(9)16-2/h3-7H,1-2H3,(H2,13,14,15). The van der Waals surface area contributed by atoms with E-state index in [9.17, 15) is 0 Å². The Hall–Kier alpha value is -1.55. The number of nitrogen functional groups attached to an aromatic ring is 1. The third kappa shape index (κ3) is 2.17. The van der Waals surface area contributed by atoms with E-state index < -0.39 is 0 Å². The maximum Gasteiger partial charge on any atom is 0.220 e. The SMILES string of the molecule is CSc1ccccc1-c1cc(C)nc(N)n1. The number of thioether (sulfide) groups is 1. The molecule has 2 rings (SSSR count). The van der Waals surface area contributed by atoms with E-state index in [2.05, 4.69) is 22.3 Å². The molecule has 1 aromatic heterocycles. The quantitative estimate of drug-likeness (QED) is 0.807. The number of nitrogens with zero attached hydrogens (tertiary/aromatic N) is 2. The fourth-order valence-electron chi connectivity index (χ4n) is 1.59. The number of hydrogen-bond donors (Lipinski definition) is 1. The Labute approximate surface area is 99.1 Å². The van der Waals surface area contributed by atoms with Gasteiger partial charge in [0.2, 0.25) is 5.95 Å². The first-order valence-corrected chi connectivity index (χ1v) is 6.17. The minimum atomic E-state index is 0.325. The van der Waals surface area contributed by atoms with Crippen molar-refractivity contribution in [3.05, 3.63) is 36.0 Å². The van der Waals surface area contributed by atoms with E-state index >= 15 is 0 Å². The van der Waals surface area contributed by atoms with Gasteiger partial charge in [-0.1, -0.05) is 18.2 Å². The predicted molar refractivity (Wildman–Crippen MR) is 68.4 cm³/mol. The summed E-state index contributed by atoms with van der Waals surface area (Å²) in [5.41, 5.74) is 8.53. The van der Waals surface area contributed by atoms with Crippen LogP contribution in [0.25, 0.3) is 11.3 Å². The summed E-state index contributed by atoms with van der Waals surface area (Å²) in [7, 11) is 0. The molecular formula is C12H13N3S. The van der Waals surface area contributed by atoms with E-state index in [-0.39, 0.29) is 0 Å². The molecule has 0 saturated carbocycles. The molecule has 0 atom stereocenters. The molecule has 0 fully saturated rings. The van der Waals surface area contributed by atoms with Crippen molar-refractivity contribution in [2.24, 2.45) is 0 Å². The Balaban J connectivity index is 2.58. The molecule has 3 nitrogen and oxygen atoms in total. The summed E-state index contributed by atoms with van der Waals surface area (Å²) in [4.78, 5) is 9.54. The summed E-state index contributed by atoms with van der Waals surface area (Å²) in [6.07, 6.45) is 2.05. The van der Waals surface area contributed by atoms with Crippen LogP contribution in [0.4, 0.5) is 5.95 Å². The van der Waals surface area contributed by atoms with E-state index in [0.29, 0.717) is 5.95 Å². The van der Waals surface area contributed by atoms with Crippen LogP contribution in [0.15, 0.2) is 35.2 Å². The summed E-state index contributed by atoms with van der Waals surface area (Å²) in [6, 6.07) is 10.1. The number of rotatable bonds is 2. The number of benzene rings is 1. The predicted octanol–water partition coefficient (Wildman–Crippen LogP) is 2.76. The minimum absolute atomic E-state index is 0.325. The first-order valence-electron chi connectivity index (χ1n) is 4.95. The first kappa shape index (κ1) is 11.0. The molecule has 2 aromatic rings. The number of anilines is 1. The highest BCUT2D eigenvalue weighted by Crippen LogP contribution is 2.29. The third-order valence-corrected chi connectivity index (χ3v) is 3.05. The van der Waals surface area contributed by atoms with Crippen molar-refractivity contribution in [3.63, 3.8) is 0 Å². The van der Waals surface area contributed by atoms with Gasteiger partial charge in [-0.05, 0) is 25.3 Å². The second kappa shape index (κ2) is 4.53. The molecule has 1 heterocycles. The second-order valence-corrected chi connectivity index (χ2v) is 4.30. The molecule has 0 saturated heterocycles. The van der Waals surface area contributed by atoms with Gasteiger partial charge in [-0.2, -0.15) is 0 Å². The van der Waals surface area contributed by atoms with Gasteiger partial charge in [-0.15, -0.1) is 11.8 Å². The van der Waals surface area contributed by atoms with E-state index in [4.69, 9.17) is 5.73 Å². The second-order valence-electron chi connectivity index (χ2n) is 3.45. The van der Waals surface area contributed by atoms with Gasteiger partial charge in [0.05, 0.1) is 5.69 Å². The molecule has 0 bridgehead atoms. The Morgan fingerprint density at radius 3 is 2.62 bits per heavy atom. The highest BCUT2D eigenvalue weighted by atomic mass is 32.2. The van der Waals surface area contributed by atoms with Gasteiger partial charge in [0.1, 0.15) is 0 Å². The lowest BCUT2D eigenvalue weighted by Crippen LogP contribution is -1.98. The average molecular weight is 231 g/mol. The zero-order valence-corrected chi connectivity index (χ0v) is 10.1. The fourth-order valence-corrected chi connectivity index (χ4v) is 2.19. The Morgan fingerprint density at radius 2 is 1.94 bits per heavy atom. The molecule has 1 aromatic carbocycles. The van der Waals surface area contributed by atoms with Gasteiger partial charge in [-0.25, -0.2) is 9.97 Å². The molecule has 2 N–H and O–H groups in total. The summed E-state index contributed by atoms with van der Waals surface area (Å²) in [5, 5.41) is 0. The van der Waals surface area contributed by atoms with Crippen molar-refractivity contribution in [2.45, 2.75) is 11.8 Å². The normalized spacial score (nSPS) is 10.4. The lowest BCUT2D eigenvalue weighted by atomic mass is 10.1. The van der Waals surface area contributed by atoms with Crippen LogP contribution in [0.2, 0.25) is 0 Å². The van der Waals surface area contributed by atoms with Crippen LogP contribution in [0.3, 0.4) is 0 Å². The van der Waals surface area contributed by atoms with Gasteiger partial charge in [0.25, 0.3) is 0 Å². The van der Waals surface area contributed by atoms with E-state index in [1.807, 2.05) is 31.2 Å². The minimum Gasteiger partial charge on any atom is -0.368 e. The van der Waals surface area contributed by atoms with Crippen LogP contribution in [-0.2, 0) is 0 Å². The Bertz CT molecular complexity index is 491. The summed E-state index contributed by atoms with van der Waals surface area (Å²) in [5.74, 6) is 0.325. The Morgan fingerprint density at radius 1 is 1.19 bits per heavy atom. The van der Waals surface area contributed by atoms with Gasteiger partial charge in [0.15, 0.2) is 0 Å². The van der Waals surface area contributed by atoms with E-state index in [1.54, 1.807) is 11.8 Å². The molecule has 4 heteroatoms. The van der Waals surface area contributed by atoms with Crippen molar-refractivity contribution in [3.8, 4) is 11.3 Å². The summed E-state index contributed by atoms with van der Waals surface area (Å²) >= 11 is 1.70. The van der Waals surface area contributed by atoms with Gasteiger partial charge in [-0.3, -0.25) is 0 Å². The number of aromatic nitrogens is 2. The van der Waals surface area contributed by atoms with Crippen LogP contribution in [0.5, 0.6) is 0 Å². The van der Waals surface area contributed by atoms with Crippen molar-refractivity contribution < 1.29 is 0 Å². The molecule has 16 heavy (non-hydrogen) atoms. The number of aryl methyl sites for hydroxylation is 1. The topological polar surface area (TPSA) is 51.8 Å². The molecule has 0 amide bonds. The molecule has 0 radical (unpaired) electrons. The maximum atomic E-state index is 5.66. The largest absolute Gasteiger partial charge is 0.368 e. The third-order valence-electron chi connectivity index (χ3n) is 2.25. The van der Waals surface area contributed by atoms with Crippen molar-refractivity contribution >= 4 is 17.7 Å². The van der Waals surface area contributed by atoms with Gasteiger partial charge in [0, 0.05) is 16.2 Å². The van der Waals surface area contributed by atoms with Gasteiger partial charge < -0.3 is 5.73 Å². The van der Waals surface area contributed by atoms with E-state index in [0.717, 1.165) is 17.0 Å². The summed E-state index contributed by atoms with van der Waals surface area (Å²) in [6.45, 7) is 1.92. The molecule has 0 spiro atoms. The Kier molecular flexibility index (Phi) is 3.10. The van der Waals surface area contributed by atoms with Crippen LogP contribution < -0.4 is 5.73 Å². The molecule has 0 aliphatic carbocycles. The van der Waals surface area contributed by atoms with Crippen molar-refractivity contribution in [2.75, 3.05) is 12.0 Å². The van der Waals surface area contributed by atoms with Crippen molar-refractivity contribution in [1.82, 2.24) is 9.97 Å². The molecular weight excluding hydrogens is 218 g/mol.